The van der Waals surface area contributed by atoms with E-state index in [2.05, 4.69) is 47.2 Å². The van der Waals surface area contributed by atoms with E-state index in [-0.39, 0.29) is 5.41 Å². The summed E-state index contributed by atoms with van der Waals surface area (Å²) in [7, 11) is 0. The van der Waals surface area contributed by atoms with Gasteiger partial charge in [0.05, 0.1) is 4.99 Å². The molecule has 1 heterocycles. The minimum absolute atomic E-state index is 0.0553. The average Bonchev–Trinajstić information content (AvgIpc) is 2.89. The number of thiocarbonyl (C=S) groups is 1. The number of benzene rings is 1. The molecule has 1 aromatic heterocycles. The van der Waals surface area contributed by atoms with Gasteiger partial charge >= 0.3 is 0 Å². The third-order valence-corrected chi connectivity index (χ3v) is 3.91. The van der Waals surface area contributed by atoms with Gasteiger partial charge < -0.3 is 10.6 Å². The summed E-state index contributed by atoms with van der Waals surface area (Å²) in [6, 6.07) is 10.1. The number of hydrogen-bond donors (Lipinski definition) is 1. The van der Waals surface area contributed by atoms with Gasteiger partial charge in [-0.05, 0) is 12.1 Å². The lowest BCUT2D eigenvalue weighted by atomic mass is 9.96. The number of anilines is 2. The number of hydrogen-bond acceptors (Lipinski definition) is 5. The van der Waals surface area contributed by atoms with Crippen LogP contribution in [-0.2, 0) is 5.41 Å². The van der Waals surface area contributed by atoms with E-state index in [0.717, 1.165) is 16.6 Å². The Morgan fingerprint density at radius 3 is 2.48 bits per heavy atom. The van der Waals surface area contributed by atoms with Crippen LogP contribution in [0, 0.1) is 0 Å². The second-order valence-electron chi connectivity index (χ2n) is 5.85. The van der Waals surface area contributed by atoms with Crippen molar-refractivity contribution in [2.45, 2.75) is 32.6 Å². The summed E-state index contributed by atoms with van der Waals surface area (Å²) in [4.78, 5) is 7.31. The van der Waals surface area contributed by atoms with E-state index in [0.29, 0.717) is 18.0 Å². The molecule has 0 atom stereocenters. The number of nitrogens with zero attached hydrogens (tertiary/aromatic N) is 3. The van der Waals surface area contributed by atoms with Crippen LogP contribution in [0.15, 0.2) is 30.3 Å². The molecule has 112 valence electrons. The first-order chi connectivity index (χ1) is 9.88. The van der Waals surface area contributed by atoms with Gasteiger partial charge in [0, 0.05) is 35.6 Å². The molecule has 0 aliphatic heterocycles. The van der Waals surface area contributed by atoms with Gasteiger partial charge in [-0.2, -0.15) is 4.37 Å². The lowest BCUT2D eigenvalue weighted by molar-refractivity contribution is 0.554. The van der Waals surface area contributed by atoms with Crippen LogP contribution in [0.5, 0.6) is 0 Å². The summed E-state index contributed by atoms with van der Waals surface area (Å²) >= 11 is 6.41. The fraction of sp³-hybridized carbons (Fsp3) is 0.400. The van der Waals surface area contributed by atoms with Crippen LogP contribution in [0.25, 0.3) is 0 Å². The Morgan fingerprint density at radius 1 is 1.29 bits per heavy atom. The average molecular weight is 320 g/mol. The quantitative estimate of drug-likeness (QED) is 0.852. The molecular formula is C15H20N4S2. The number of para-hydroxylation sites is 1. The standard InChI is InChI=1S/C15H20N4S2/c1-15(2,3)13-17-14(21-18-13)19(10-9-12(16)20)11-7-5-4-6-8-11/h4-8H,9-10H2,1-3H3,(H2,16,20). The van der Waals surface area contributed by atoms with Gasteiger partial charge in [0.2, 0.25) is 5.13 Å². The zero-order valence-electron chi connectivity index (χ0n) is 12.5. The van der Waals surface area contributed by atoms with Crippen molar-refractivity contribution in [3.8, 4) is 0 Å². The lowest BCUT2D eigenvalue weighted by Crippen LogP contribution is -2.23. The second kappa shape index (κ2) is 6.49. The van der Waals surface area contributed by atoms with Crippen molar-refractivity contribution in [1.82, 2.24) is 9.36 Å². The van der Waals surface area contributed by atoms with Crippen molar-refractivity contribution in [2.75, 3.05) is 11.4 Å². The highest BCUT2D eigenvalue weighted by atomic mass is 32.1. The van der Waals surface area contributed by atoms with Crippen molar-refractivity contribution in [3.63, 3.8) is 0 Å². The lowest BCUT2D eigenvalue weighted by Gasteiger charge is -2.21. The predicted octanol–water partition coefficient (Wildman–Crippen LogP) is 3.65. The molecule has 21 heavy (non-hydrogen) atoms. The molecule has 0 saturated carbocycles. The van der Waals surface area contributed by atoms with Crippen molar-refractivity contribution in [1.29, 1.82) is 0 Å². The van der Waals surface area contributed by atoms with Gasteiger partial charge in [-0.3, -0.25) is 0 Å². The molecule has 2 rings (SSSR count). The number of aromatic nitrogens is 2. The fourth-order valence-electron chi connectivity index (χ4n) is 1.79. The molecule has 0 amide bonds. The van der Waals surface area contributed by atoms with E-state index in [1.807, 2.05) is 18.2 Å². The monoisotopic (exact) mass is 320 g/mol. The molecule has 0 bridgehead atoms. The molecule has 0 fully saturated rings. The van der Waals surface area contributed by atoms with Gasteiger partial charge in [0.25, 0.3) is 0 Å². The van der Waals surface area contributed by atoms with Crippen molar-refractivity contribution < 1.29 is 0 Å². The molecule has 2 N–H and O–H groups in total. The highest BCUT2D eigenvalue weighted by molar-refractivity contribution is 7.80. The highest BCUT2D eigenvalue weighted by Gasteiger charge is 2.22. The number of nitrogens with two attached hydrogens (primary N) is 1. The van der Waals surface area contributed by atoms with E-state index < -0.39 is 0 Å². The summed E-state index contributed by atoms with van der Waals surface area (Å²) in [6.07, 6.45) is 0.647. The third kappa shape index (κ3) is 4.22. The summed E-state index contributed by atoms with van der Waals surface area (Å²) in [5.74, 6) is 0.860. The van der Waals surface area contributed by atoms with Crippen molar-refractivity contribution in [3.05, 3.63) is 36.2 Å². The minimum Gasteiger partial charge on any atom is -0.393 e. The maximum absolute atomic E-state index is 5.64. The van der Waals surface area contributed by atoms with Crippen LogP contribution in [0.4, 0.5) is 10.8 Å². The molecule has 0 unspecified atom stereocenters. The molecule has 1 aromatic carbocycles. The zero-order chi connectivity index (χ0) is 15.5. The molecule has 0 saturated heterocycles. The van der Waals surface area contributed by atoms with E-state index >= 15 is 0 Å². The third-order valence-electron chi connectivity index (χ3n) is 2.97. The molecule has 0 spiro atoms. The topological polar surface area (TPSA) is 55.0 Å². The number of rotatable bonds is 5. The van der Waals surface area contributed by atoms with E-state index in [9.17, 15) is 0 Å². The first kappa shape index (κ1) is 15.9. The predicted molar refractivity (Wildman–Crippen MR) is 93.5 cm³/mol. The summed E-state index contributed by atoms with van der Waals surface area (Å²) in [5, 5.41) is 0.877. The van der Waals surface area contributed by atoms with E-state index in [1.165, 1.54) is 11.5 Å². The molecule has 0 aliphatic carbocycles. The largest absolute Gasteiger partial charge is 0.393 e. The van der Waals surface area contributed by atoms with Gasteiger partial charge in [0.1, 0.15) is 5.82 Å². The maximum Gasteiger partial charge on any atom is 0.209 e. The van der Waals surface area contributed by atoms with Gasteiger partial charge in [-0.25, -0.2) is 4.98 Å². The Balaban J connectivity index is 2.31. The smallest absolute Gasteiger partial charge is 0.209 e. The first-order valence-electron chi connectivity index (χ1n) is 6.83. The van der Waals surface area contributed by atoms with E-state index in [1.54, 1.807) is 0 Å². The Hall–Kier alpha value is -1.53. The summed E-state index contributed by atoms with van der Waals surface area (Å²) < 4.78 is 4.49. The summed E-state index contributed by atoms with van der Waals surface area (Å²) in [5.41, 5.74) is 6.66. The van der Waals surface area contributed by atoms with Crippen molar-refractivity contribution >= 4 is 39.6 Å². The Morgan fingerprint density at radius 2 is 1.95 bits per heavy atom. The van der Waals surface area contributed by atoms with Crippen LogP contribution in [0.1, 0.15) is 33.0 Å². The van der Waals surface area contributed by atoms with Gasteiger partial charge in [-0.15, -0.1) is 0 Å². The van der Waals surface area contributed by atoms with Crippen LogP contribution >= 0.6 is 23.8 Å². The molecule has 6 heteroatoms. The van der Waals surface area contributed by atoms with E-state index in [4.69, 9.17) is 18.0 Å². The van der Waals surface area contributed by atoms with Crippen LogP contribution in [-0.4, -0.2) is 20.9 Å². The maximum atomic E-state index is 5.64. The first-order valence-corrected chi connectivity index (χ1v) is 8.01. The summed E-state index contributed by atoms with van der Waals surface area (Å²) in [6.45, 7) is 7.04. The Bertz CT molecular complexity index is 602. The Labute approximate surface area is 135 Å². The molecule has 4 nitrogen and oxygen atoms in total. The molecule has 0 radical (unpaired) electrons. The fourth-order valence-corrected chi connectivity index (χ4v) is 2.79. The highest BCUT2D eigenvalue weighted by Crippen LogP contribution is 2.30. The van der Waals surface area contributed by atoms with Gasteiger partial charge in [0.15, 0.2) is 0 Å². The Kier molecular flexibility index (Phi) is 4.90. The normalized spacial score (nSPS) is 11.4. The SMILES string of the molecule is CC(C)(C)c1nsc(N(CCC(N)=S)c2ccccc2)n1. The van der Waals surface area contributed by atoms with Gasteiger partial charge in [-0.1, -0.05) is 51.2 Å². The van der Waals surface area contributed by atoms with Crippen LogP contribution < -0.4 is 10.6 Å². The second-order valence-corrected chi connectivity index (χ2v) is 7.11. The minimum atomic E-state index is -0.0553. The van der Waals surface area contributed by atoms with Crippen LogP contribution in [0.2, 0.25) is 0 Å². The zero-order valence-corrected chi connectivity index (χ0v) is 14.2. The van der Waals surface area contributed by atoms with Crippen molar-refractivity contribution in [2.24, 2.45) is 5.73 Å². The molecular weight excluding hydrogens is 300 g/mol. The molecule has 2 aromatic rings. The molecule has 0 aliphatic rings. The van der Waals surface area contributed by atoms with Crippen LogP contribution in [0.3, 0.4) is 0 Å².